The number of carbonyl (C=O) groups excluding carboxylic acids is 1. The maximum atomic E-state index is 12.9. The minimum Gasteiger partial charge on any atom is -0.481 e. The third-order valence-corrected chi connectivity index (χ3v) is 5.45. The van der Waals surface area contributed by atoms with Gasteiger partial charge in [-0.05, 0) is 43.9 Å². The van der Waals surface area contributed by atoms with Gasteiger partial charge in [0.25, 0.3) is 0 Å². The Labute approximate surface area is 119 Å². The van der Waals surface area contributed by atoms with Gasteiger partial charge in [-0.15, -0.1) is 0 Å². The van der Waals surface area contributed by atoms with Crippen LogP contribution in [0.5, 0.6) is 0 Å². The van der Waals surface area contributed by atoms with Crippen molar-refractivity contribution in [1.29, 1.82) is 0 Å². The minimum absolute atomic E-state index is 0.0606. The first-order valence-electron chi connectivity index (χ1n) is 7.70. The van der Waals surface area contributed by atoms with Gasteiger partial charge in [0.2, 0.25) is 5.91 Å². The van der Waals surface area contributed by atoms with Crippen LogP contribution in [0.3, 0.4) is 0 Å². The number of nitrogens with zero attached hydrogens (tertiary/aromatic N) is 1. The first-order valence-corrected chi connectivity index (χ1v) is 7.70. The van der Waals surface area contributed by atoms with Crippen molar-refractivity contribution in [3.8, 4) is 0 Å². The highest BCUT2D eigenvalue weighted by Crippen LogP contribution is 2.49. The summed E-state index contributed by atoms with van der Waals surface area (Å²) in [5.41, 5.74) is 0. The van der Waals surface area contributed by atoms with Gasteiger partial charge in [0.05, 0.1) is 11.8 Å². The fourth-order valence-electron chi connectivity index (χ4n) is 4.42. The van der Waals surface area contributed by atoms with Gasteiger partial charge in [-0.1, -0.05) is 19.1 Å². The number of allylic oxidation sites excluding steroid dienone is 2. The average molecular weight is 277 g/mol. The van der Waals surface area contributed by atoms with Gasteiger partial charge in [0.1, 0.15) is 0 Å². The number of carbonyl (C=O) groups is 2. The quantitative estimate of drug-likeness (QED) is 0.787. The van der Waals surface area contributed by atoms with Crippen molar-refractivity contribution >= 4 is 11.9 Å². The normalized spacial score (nSPS) is 43.0. The van der Waals surface area contributed by atoms with Crippen LogP contribution in [-0.4, -0.2) is 34.5 Å². The number of hydrogen-bond donors (Lipinski definition) is 1. The van der Waals surface area contributed by atoms with Crippen LogP contribution in [-0.2, 0) is 9.59 Å². The molecule has 2 aliphatic carbocycles. The molecular formula is C16H23NO3. The summed E-state index contributed by atoms with van der Waals surface area (Å²) < 4.78 is 0. The van der Waals surface area contributed by atoms with Crippen molar-refractivity contribution in [3.05, 3.63) is 12.2 Å². The Morgan fingerprint density at radius 3 is 2.35 bits per heavy atom. The molecule has 4 nitrogen and oxygen atoms in total. The second-order valence-corrected chi connectivity index (χ2v) is 6.85. The summed E-state index contributed by atoms with van der Waals surface area (Å²) in [6.45, 7) is 5.09. The lowest BCUT2D eigenvalue weighted by atomic mass is 9.81. The molecule has 20 heavy (non-hydrogen) atoms. The Balaban J connectivity index is 1.79. The Hall–Kier alpha value is -1.32. The highest BCUT2D eigenvalue weighted by molar-refractivity contribution is 5.87. The molecule has 1 saturated heterocycles. The van der Waals surface area contributed by atoms with Crippen molar-refractivity contribution in [2.24, 2.45) is 29.6 Å². The summed E-state index contributed by atoms with van der Waals surface area (Å²) in [7, 11) is 0. The number of likely N-dealkylation sites (tertiary alicyclic amines) is 1. The van der Waals surface area contributed by atoms with Crippen LogP contribution in [0.2, 0.25) is 0 Å². The molecule has 0 spiro atoms. The molecule has 1 aliphatic heterocycles. The maximum absolute atomic E-state index is 12.9. The number of piperidine rings is 1. The van der Waals surface area contributed by atoms with Gasteiger partial charge in [-0.2, -0.15) is 0 Å². The number of carboxylic acid groups (broad SMARTS) is 1. The van der Waals surface area contributed by atoms with Gasteiger partial charge in [-0.25, -0.2) is 0 Å². The summed E-state index contributed by atoms with van der Waals surface area (Å²) >= 11 is 0. The van der Waals surface area contributed by atoms with Crippen molar-refractivity contribution in [2.75, 3.05) is 6.54 Å². The van der Waals surface area contributed by atoms with E-state index in [1.807, 2.05) is 11.0 Å². The maximum Gasteiger partial charge on any atom is 0.307 e. The van der Waals surface area contributed by atoms with Crippen LogP contribution >= 0.6 is 0 Å². The van der Waals surface area contributed by atoms with Crippen LogP contribution < -0.4 is 0 Å². The van der Waals surface area contributed by atoms with E-state index in [2.05, 4.69) is 19.9 Å². The number of carboxylic acids is 1. The topological polar surface area (TPSA) is 57.6 Å². The number of rotatable bonds is 2. The second-order valence-electron chi connectivity index (χ2n) is 6.85. The lowest BCUT2D eigenvalue weighted by Crippen LogP contribution is -2.49. The number of aliphatic carboxylic acids is 1. The molecule has 1 amide bonds. The lowest BCUT2D eigenvalue weighted by Gasteiger charge is -2.39. The predicted octanol–water partition coefficient (Wildman–Crippen LogP) is 2.16. The van der Waals surface area contributed by atoms with Gasteiger partial charge in [0, 0.05) is 12.6 Å². The van der Waals surface area contributed by atoms with Crippen LogP contribution in [0, 0.1) is 29.6 Å². The van der Waals surface area contributed by atoms with E-state index in [4.69, 9.17) is 0 Å². The number of amides is 1. The van der Waals surface area contributed by atoms with E-state index < -0.39 is 11.9 Å². The SMILES string of the molecule is CC1CCN(C(=O)C2C3C=CC(C3)C2C(=O)O)C(C)C1. The molecule has 3 rings (SSSR count). The zero-order chi connectivity index (χ0) is 14.4. The predicted molar refractivity (Wildman–Crippen MR) is 74.9 cm³/mol. The minimum atomic E-state index is -0.807. The standard InChI is InChI=1S/C16H23NO3/c1-9-5-6-17(10(2)7-9)15(18)13-11-3-4-12(8-11)14(13)16(19)20/h3-4,9-14H,5-8H2,1-2H3,(H,19,20). The lowest BCUT2D eigenvalue weighted by molar-refractivity contribution is -0.152. The van der Waals surface area contributed by atoms with E-state index in [0.29, 0.717) is 5.92 Å². The number of fused-ring (bicyclic) bond motifs is 2. The van der Waals surface area contributed by atoms with Crippen LogP contribution in [0.15, 0.2) is 12.2 Å². The summed E-state index contributed by atoms with van der Waals surface area (Å²) in [5.74, 6) is -0.718. The van der Waals surface area contributed by atoms with Crippen LogP contribution in [0.1, 0.15) is 33.1 Å². The Morgan fingerprint density at radius 2 is 1.75 bits per heavy atom. The molecule has 0 aromatic heterocycles. The molecule has 1 saturated carbocycles. The number of hydrogen-bond acceptors (Lipinski definition) is 2. The molecule has 3 aliphatic rings. The van der Waals surface area contributed by atoms with E-state index in [9.17, 15) is 14.7 Å². The van der Waals surface area contributed by atoms with Gasteiger partial charge < -0.3 is 10.0 Å². The molecule has 1 heterocycles. The van der Waals surface area contributed by atoms with E-state index in [1.54, 1.807) is 0 Å². The summed E-state index contributed by atoms with van der Waals surface area (Å²) in [6, 6.07) is 0.240. The van der Waals surface area contributed by atoms with E-state index in [-0.39, 0.29) is 29.7 Å². The van der Waals surface area contributed by atoms with Crippen molar-refractivity contribution in [1.82, 2.24) is 4.90 Å². The molecule has 0 radical (unpaired) electrons. The summed E-state index contributed by atoms with van der Waals surface area (Å²) in [5, 5.41) is 9.46. The molecule has 2 fully saturated rings. The average Bonchev–Trinajstić information content (AvgIpc) is 2.97. The van der Waals surface area contributed by atoms with Crippen molar-refractivity contribution in [3.63, 3.8) is 0 Å². The fourth-order valence-corrected chi connectivity index (χ4v) is 4.42. The third kappa shape index (κ3) is 2.05. The highest BCUT2D eigenvalue weighted by atomic mass is 16.4. The first kappa shape index (κ1) is 13.7. The van der Waals surface area contributed by atoms with Crippen LogP contribution in [0.4, 0.5) is 0 Å². The largest absolute Gasteiger partial charge is 0.481 e. The second kappa shape index (κ2) is 4.90. The molecule has 6 unspecified atom stereocenters. The van der Waals surface area contributed by atoms with E-state index in [0.717, 1.165) is 25.8 Å². The third-order valence-electron chi connectivity index (χ3n) is 5.45. The molecule has 110 valence electrons. The van der Waals surface area contributed by atoms with Gasteiger partial charge in [0.15, 0.2) is 0 Å². The Kier molecular flexibility index (Phi) is 3.35. The molecule has 0 aromatic rings. The zero-order valence-electron chi connectivity index (χ0n) is 12.2. The van der Waals surface area contributed by atoms with Crippen LogP contribution in [0.25, 0.3) is 0 Å². The molecular weight excluding hydrogens is 254 g/mol. The molecule has 6 atom stereocenters. The smallest absolute Gasteiger partial charge is 0.307 e. The van der Waals surface area contributed by atoms with Gasteiger partial charge in [-0.3, -0.25) is 9.59 Å². The highest BCUT2D eigenvalue weighted by Gasteiger charge is 2.53. The van der Waals surface area contributed by atoms with E-state index >= 15 is 0 Å². The Bertz CT molecular complexity index is 459. The van der Waals surface area contributed by atoms with Gasteiger partial charge >= 0.3 is 5.97 Å². The molecule has 2 bridgehead atoms. The molecule has 4 heteroatoms. The van der Waals surface area contributed by atoms with E-state index in [1.165, 1.54) is 0 Å². The summed E-state index contributed by atoms with van der Waals surface area (Å²) in [4.78, 5) is 26.3. The zero-order valence-corrected chi connectivity index (χ0v) is 12.2. The summed E-state index contributed by atoms with van der Waals surface area (Å²) in [6.07, 6.45) is 6.95. The van der Waals surface area contributed by atoms with Crippen molar-refractivity contribution in [2.45, 2.75) is 39.2 Å². The molecule has 1 N–H and O–H groups in total. The Morgan fingerprint density at radius 1 is 1.10 bits per heavy atom. The first-order chi connectivity index (χ1) is 9.49. The fraction of sp³-hybridized carbons (Fsp3) is 0.750. The monoisotopic (exact) mass is 277 g/mol. The molecule has 0 aromatic carbocycles. The van der Waals surface area contributed by atoms with Crippen molar-refractivity contribution < 1.29 is 14.7 Å².